The smallest absolute Gasteiger partial charge is 0.383 e. The largest absolute Gasteiger partial charge is 0.390 e. The highest BCUT2D eigenvalue weighted by atomic mass is 19.4. The normalized spacial score (nSPS) is 14.2. The molecule has 0 atom stereocenters. The van der Waals surface area contributed by atoms with Crippen LogP contribution in [0.1, 0.15) is 37.9 Å². The maximum Gasteiger partial charge on any atom is 0.390 e. The van der Waals surface area contributed by atoms with E-state index >= 15 is 0 Å². The number of rotatable bonds is 6. The minimum Gasteiger partial charge on any atom is -0.383 e. The molecule has 3 aromatic heterocycles. The van der Waals surface area contributed by atoms with Gasteiger partial charge in [0.1, 0.15) is 28.9 Å². The standard InChI is InChI=1S/C18H17F3N6O.C11H11F3N4/c1-17(2)11-13(22)23-15(24-14(11)25-16(17)28)12-9-5-3-4-6-10(9)27(26-12)8-7-18(19,20)21;12-11(13,14)5-6-18-8-4-2-1-3-7(8)9(17-18)10(15)16/h3-6H,7-8H2,1-2H3,(H3,22,23,24,25,28);1-4H,5-6H2,(H3,15,16). The summed E-state index contributed by atoms with van der Waals surface area (Å²) in [4.78, 5) is 20.9. The number of aromatic nitrogens is 6. The van der Waals surface area contributed by atoms with E-state index in [0.717, 1.165) is 0 Å². The van der Waals surface area contributed by atoms with Gasteiger partial charge in [-0.1, -0.05) is 36.4 Å². The van der Waals surface area contributed by atoms with Crippen molar-refractivity contribution in [1.29, 1.82) is 5.41 Å². The lowest BCUT2D eigenvalue weighted by Crippen LogP contribution is -2.27. The van der Waals surface area contributed by atoms with Crippen molar-refractivity contribution in [2.45, 2.75) is 57.5 Å². The summed E-state index contributed by atoms with van der Waals surface area (Å²) >= 11 is 0. The van der Waals surface area contributed by atoms with E-state index in [1.54, 1.807) is 62.4 Å². The van der Waals surface area contributed by atoms with Crippen molar-refractivity contribution in [1.82, 2.24) is 29.5 Å². The molecule has 0 radical (unpaired) electrons. The minimum absolute atomic E-state index is 0.136. The number of nitrogens with two attached hydrogens (primary N) is 2. The molecule has 17 heteroatoms. The number of amidine groups is 1. The van der Waals surface area contributed by atoms with E-state index < -0.39 is 30.6 Å². The van der Waals surface area contributed by atoms with Gasteiger partial charge in [0, 0.05) is 10.8 Å². The number of fused-ring (bicyclic) bond motifs is 3. The summed E-state index contributed by atoms with van der Waals surface area (Å²) in [6.07, 6.45) is -10.5. The maximum absolute atomic E-state index is 12.7. The van der Waals surface area contributed by atoms with E-state index in [1.165, 1.54) is 9.36 Å². The van der Waals surface area contributed by atoms with Gasteiger partial charge in [-0.2, -0.15) is 36.5 Å². The Bertz CT molecular complexity index is 1960. The Kier molecular flexibility index (Phi) is 8.12. The zero-order valence-corrected chi connectivity index (χ0v) is 24.5. The van der Waals surface area contributed by atoms with Crippen LogP contribution in [-0.2, 0) is 23.3 Å². The third-order valence-corrected chi connectivity index (χ3v) is 7.36. The number of halogens is 6. The summed E-state index contributed by atoms with van der Waals surface area (Å²) in [5, 5.41) is 19.5. The molecular weight excluding hydrogens is 618 g/mol. The Morgan fingerprint density at radius 1 is 0.870 bits per heavy atom. The fourth-order valence-corrected chi connectivity index (χ4v) is 5.09. The van der Waals surface area contributed by atoms with Crippen LogP contribution in [0.25, 0.3) is 33.3 Å². The summed E-state index contributed by atoms with van der Waals surface area (Å²) in [7, 11) is 0. The Labute approximate surface area is 257 Å². The molecule has 0 saturated carbocycles. The molecule has 46 heavy (non-hydrogen) atoms. The number of para-hydroxylation sites is 2. The summed E-state index contributed by atoms with van der Waals surface area (Å²) in [6.45, 7) is 2.83. The average molecular weight is 647 g/mol. The zero-order chi connectivity index (χ0) is 33.6. The molecule has 0 aliphatic carbocycles. The van der Waals surface area contributed by atoms with Crippen LogP contribution in [0, 0.1) is 5.41 Å². The fraction of sp³-hybridized carbons (Fsp3) is 0.310. The SMILES string of the molecule is CC1(C)C(=O)Nc2nc(-c3nn(CCC(F)(F)F)c4ccccc34)nc(N)c21.N=C(N)c1nn(CCC(F)(F)F)c2ccccc12. The van der Waals surface area contributed by atoms with E-state index in [9.17, 15) is 31.1 Å². The van der Waals surface area contributed by atoms with Crippen LogP contribution in [0.15, 0.2) is 48.5 Å². The lowest BCUT2D eigenvalue weighted by atomic mass is 9.87. The molecule has 11 nitrogen and oxygen atoms in total. The van der Waals surface area contributed by atoms with Crippen LogP contribution in [0.5, 0.6) is 0 Å². The van der Waals surface area contributed by atoms with E-state index in [0.29, 0.717) is 38.9 Å². The van der Waals surface area contributed by atoms with E-state index in [1.807, 2.05) is 0 Å². The summed E-state index contributed by atoms with van der Waals surface area (Å²) in [5.41, 5.74) is 12.7. The minimum atomic E-state index is -4.29. The molecule has 1 aliphatic rings. The summed E-state index contributed by atoms with van der Waals surface area (Å²) in [5.74, 6) is 0.0816. The number of nitrogens with one attached hydrogen (secondary N) is 2. The van der Waals surface area contributed by atoms with Crippen LogP contribution in [0.4, 0.5) is 38.0 Å². The molecule has 6 N–H and O–H groups in total. The molecule has 6 rings (SSSR count). The lowest BCUT2D eigenvalue weighted by molar-refractivity contribution is -0.137. The number of nitrogen functional groups attached to an aromatic ring is 2. The van der Waals surface area contributed by atoms with Gasteiger partial charge in [-0.25, -0.2) is 9.97 Å². The number of benzene rings is 2. The maximum atomic E-state index is 12.7. The topological polar surface area (TPSA) is 166 Å². The molecular formula is C29H28F6N10O. The average Bonchev–Trinajstić information content (AvgIpc) is 3.60. The first-order valence-electron chi connectivity index (χ1n) is 13.8. The summed E-state index contributed by atoms with van der Waals surface area (Å²) in [6, 6.07) is 13.7. The van der Waals surface area contributed by atoms with Gasteiger partial charge >= 0.3 is 12.4 Å². The highest BCUT2D eigenvalue weighted by molar-refractivity contribution is 6.07. The highest BCUT2D eigenvalue weighted by Gasteiger charge is 2.42. The second-order valence-electron chi connectivity index (χ2n) is 11.1. The Balaban J connectivity index is 0.000000200. The van der Waals surface area contributed by atoms with Crippen molar-refractivity contribution in [3.63, 3.8) is 0 Å². The molecule has 0 fully saturated rings. The van der Waals surface area contributed by atoms with Gasteiger partial charge in [-0.3, -0.25) is 19.6 Å². The van der Waals surface area contributed by atoms with Crippen molar-refractivity contribution in [3.05, 3.63) is 59.8 Å². The van der Waals surface area contributed by atoms with Crippen molar-refractivity contribution in [2.24, 2.45) is 5.73 Å². The van der Waals surface area contributed by atoms with Gasteiger partial charge in [0.05, 0.1) is 47.9 Å². The molecule has 5 aromatic rings. The van der Waals surface area contributed by atoms with Crippen LogP contribution in [0.3, 0.4) is 0 Å². The first-order chi connectivity index (χ1) is 21.5. The van der Waals surface area contributed by atoms with Crippen LogP contribution in [-0.4, -0.2) is 53.6 Å². The number of anilines is 2. The molecule has 0 spiro atoms. The highest BCUT2D eigenvalue weighted by Crippen LogP contribution is 2.40. The molecule has 1 amide bonds. The Morgan fingerprint density at radius 3 is 1.96 bits per heavy atom. The second kappa shape index (κ2) is 11.6. The number of alkyl halides is 6. The second-order valence-corrected chi connectivity index (χ2v) is 11.1. The number of hydrogen-bond donors (Lipinski definition) is 4. The molecule has 0 bridgehead atoms. The third-order valence-electron chi connectivity index (χ3n) is 7.36. The quantitative estimate of drug-likeness (QED) is 0.107. The van der Waals surface area contributed by atoms with Crippen molar-refractivity contribution >= 4 is 45.2 Å². The molecule has 0 saturated heterocycles. The number of aryl methyl sites for hydroxylation is 2. The van der Waals surface area contributed by atoms with Gasteiger partial charge < -0.3 is 16.8 Å². The van der Waals surface area contributed by atoms with Crippen molar-refractivity contribution < 1.29 is 31.1 Å². The van der Waals surface area contributed by atoms with Gasteiger partial charge in [0.15, 0.2) is 5.82 Å². The fourth-order valence-electron chi connectivity index (χ4n) is 5.09. The number of carbonyl (C=O) groups excluding carboxylic acids is 1. The van der Waals surface area contributed by atoms with Gasteiger partial charge in [0.25, 0.3) is 0 Å². The summed E-state index contributed by atoms with van der Waals surface area (Å²) < 4.78 is 77.1. The Morgan fingerprint density at radius 2 is 1.39 bits per heavy atom. The van der Waals surface area contributed by atoms with E-state index in [2.05, 4.69) is 25.5 Å². The molecule has 0 unspecified atom stereocenters. The van der Waals surface area contributed by atoms with Crippen LogP contribution in [0.2, 0.25) is 0 Å². The third kappa shape index (κ3) is 6.43. The van der Waals surface area contributed by atoms with Gasteiger partial charge in [-0.05, 0) is 26.0 Å². The number of hydrogen-bond acceptors (Lipinski definition) is 7. The van der Waals surface area contributed by atoms with E-state index in [4.69, 9.17) is 16.9 Å². The van der Waals surface area contributed by atoms with Crippen LogP contribution >= 0.6 is 0 Å². The predicted octanol–water partition coefficient (Wildman–Crippen LogP) is 5.53. The first-order valence-corrected chi connectivity index (χ1v) is 13.8. The zero-order valence-electron chi connectivity index (χ0n) is 24.5. The van der Waals surface area contributed by atoms with E-state index in [-0.39, 0.29) is 42.2 Å². The first kappa shape index (κ1) is 32.2. The van der Waals surface area contributed by atoms with Gasteiger partial charge in [0.2, 0.25) is 5.91 Å². The molecule has 242 valence electrons. The number of amides is 1. The number of carbonyl (C=O) groups is 1. The predicted molar refractivity (Wildman–Crippen MR) is 159 cm³/mol. The molecule has 2 aromatic carbocycles. The van der Waals surface area contributed by atoms with Crippen molar-refractivity contribution in [3.8, 4) is 11.5 Å². The molecule has 1 aliphatic heterocycles. The number of nitrogens with zero attached hydrogens (tertiary/aromatic N) is 6. The van der Waals surface area contributed by atoms with Crippen LogP contribution < -0.4 is 16.8 Å². The monoisotopic (exact) mass is 646 g/mol. The van der Waals surface area contributed by atoms with Crippen molar-refractivity contribution in [2.75, 3.05) is 11.1 Å². The van der Waals surface area contributed by atoms with Gasteiger partial charge in [-0.15, -0.1) is 0 Å². The lowest BCUT2D eigenvalue weighted by Gasteiger charge is -2.15. The Hall–Kier alpha value is -5.22. The molecule has 4 heterocycles.